The number of benzene rings is 1. The highest BCUT2D eigenvalue weighted by molar-refractivity contribution is 5.94. The molecule has 2 aromatic rings. The van der Waals surface area contributed by atoms with Gasteiger partial charge in [0.15, 0.2) is 5.82 Å². The Bertz CT molecular complexity index is 877. The highest BCUT2D eigenvalue weighted by Gasteiger charge is 2.49. The number of rotatable bonds is 4. The fourth-order valence-corrected chi connectivity index (χ4v) is 4.14. The van der Waals surface area contributed by atoms with Gasteiger partial charge in [-0.3, -0.25) is 9.48 Å². The Morgan fingerprint density at radius 1 is 1.22 bits per heavy atom. The Labute approximate surface area is 155 Å². The average Bonchev–Trinajstić information content (AvgIpc) is 2.87. The molecule has 0 aliphatic heterocycles. The predicted octanol–water partition coefficient (Wildman–Crippen LogP) is 4.65. The number of carbonyl (C=O) groups is 1. The van der Waals surface area contributed by atoms with Gasteiger partial charge in [0.2, 0.25) is 11.8 Å². The molecule has 0 saturated heterocycles. The lowest BCUT2D eigenvalue weighted by atomic mass is 9.65. The van der Waals surface area contributed by atoms with Crippen molar-refractivity contribution in [2.75, 3.05) is 5.32 Å². The van der Waals surface area contributed by atoms with Crippen molar-refractivity contribution in [1.29, 1.82) is 0 Å². The summed E-state index contributed by atoms with van der Waals surface area (Å²) in [4.78, 5) is 12.4. The number of halogens is 3. The van der Waals surface area contributed by atoms with Crippen LogP contribution in [0.5, 0.6) is 0 Å². The molecule has 2 aliphatic carbocycles. The molecule has 1 heterocycles. The van der Waals surface area contributed by atoms with Crippen LogP contribution in [0.2, 0.25) is 0 Å². The molecular formula is C20H22F3N3O. The van der Waals surface area contributed by atoms with Gasteiger partial charge in [-0.1, -0.05) is 13.3 Å². The second kappa shape index (κ2) is 6.11. The molecule has 1 aromatic carbocycles. The van der Waals surface area contributed by atoms with Crippen LogP contribution in [0.1, 0.15) is 44.6 Å². The molecule has 2 aliphatic rings. The fraction of sp³-hybridized carbons (Fsp3) is 0.500. The summed E-state index contributed by atoms with van der Waals surface area (Å²) in [5.74, 6) is -3.73. The molecule has 144 valence electrons. The van der Waals surface area contributed by atoms with Crippen molar-refractivity contribution >= 4 is 11.7 Å². The van der Waals surface area contributed by atoms with Crippen LogP contribution in [0.25, 0.3) is 11.3 Å². The number of alkyl halides is 2. The number of amides is 1. The van der Waals surface area contributed by atoms with Crippen molar-refractivity contribution in [2.24, 2.45) is 13.0 Å². The number of aryl methyl sites for hydroxylation is 1. The van der Waals surface area contributed by atoms with Crippen molar-refractivity contribution in [2.45, 2.75) is 50.4 Å². The van der Waals surface area contributed by atoms with Crippen LogP contribution in [0.3, 0.4) is 0 Å². The van der Waals surface area contributed by atoms with Crippen molar-refractivity contribution in [3.63, 3.8) is 0 Å². The second-order valence-electron chi connectivity index (χ2n) is 8.07. The van der Waals surface area contributed by atoms with Gasteiger partial charge in [-0.05, 0) is 42.5 Å². The van der Waals surface area contributed by atoms with Crippen molar-refractivity contribution in [3.8, 4) is 11.3 Å². The molecule has 7 heteroatoms. The van der Waals surface area contributed by atoms with E-state index in [9.17, 15) is 18.0 Å². The number of anilines is 1. The van der Waals surface area contributed by atoms with Crippen molar-refractivity contribution in [1.82, 2.24) is 9.78 Å². The van der Waals surface area contributed by atoms with E-state index in [1.54, 1.807) is 23.9 Å². The molecule has 0 atom stereocenters. The highest BCUT2D eigenvalue weighted by atomic mass is 19.3. The second-order valence-corrected chi connectivity index (χ2v) is 8.07. The standard InChI is InChI=1S/C20H22F3N3O/c1-19(8-3-9-19)15-16(12-4-6-14(21)7-5-12)26(2)25-17(15)24-18(27)13-10-20(22,23)11-13/h4-7,13H,3,8-11H2,1-2H3,(H,24,25,27). The average molecular weight is 377 g/mol. The number of aromatic nitrogens is 2. The maximum absolute atomic E-state index is 13.3. The first kappa shape index (κ1) is 18.1. The normalized spacial score (nSPS) is 20.6. The van der Waals surface area contributed by atoms with Gasteiger partial charge < -0.3 is 5.32 Å². The van der Waals surface area contributed by atoms with Crippen molar-refractivity contribution in [3.05, 3.63) is 35.6 Å². The number of hydrogen-bond acceptors (Lipinski definition) is 2. The zero-order valence-corrected chi connectivity index (χ0v) is 15.4. The first-order valence-corrected chi connectivity index (χ1v) is 9.21. The van der Waals surface area contributed by atoms with E-state index in [1.165, 1.54) is 12.1 Å². The third-order valence-electron chi connectivity index (χ3n) is 5.93. The van der Waals surface area contributed by atoms with Gasteiger partial charge in [0, 0.05) is 36.9 Å². The topological polar surface area (TPSA) is 46.9 Å². The SMILES string of the molecule is Cn1nc(NC(=O)C2CC(F)(F)C2)c(C2(C)CCC2)c1-c1ccc(F)cc1. The van der Waals surface area contributed by atoms with Gasteiger partial charge in [0.1, 0.15) is 5.82 Å². The summed E-state index contributed by atoms with van der Waals surface area (Å²) < 4.78 is 41.2. The van der Waals surface area contributed by atoms with E-state index in [4.69, 9.17) is 0 Å². The molecule has 0 bridgehead atoms. The van der Waals surface area contributed by atoms with Gasteiger partial charge in [0.25, 0.3) is 0 Å². The largest absolute Gasteiger partial charge is 0.309 e. The van der Waals surface area contributed by atoms with E-state index in [1.807, 2.05) is 0 Å². The van der Waals surface area contributed by atoms with Crippen LogP contribution >= 0.6 is 0 Å². The lowest BCUT2D eigenvalue weighted by Gasteiger charge is -2.39. The fourth-order valence-electron chi connectivity index (χ4n) is 4.14. The van der Waals surface area contributed by atoms with E-state index in [0.29, 0.717) is 5.82 Å². The lowest BCUT2D eigenvalue weighted by molar-refractivity contribution is -0.145. The first-order chi connectivity index (χ1) is 12.7. The van der Waals surface area contributed by atoms with Crippen LogP contribution in [0, 0.1) is 11.7 Å². The Morgan fingerprint density at radius 2 is 1.85 bits per heavy atom. The summed E-state index contributed by atoms with van der Waals surface area (Å²) >= 11 is 0. The summed E-state index contributed by atoms with van der Waals surface area (Å²) in [7, 11) is 1.78. The minimum absolute atomic E-state index is 0.149. The molecule has 27 heavy (non-hydrogen) atoms. The highest BCUT2D eigenvalue weighted by Crippen LogP contribution is 2.50. The summed E-state index contributed by atoms with van der Waals surface area (Å²) in [6.07, 6.45) is 2.16. The zero-order valence-electron chi connectivity index (χ0n) is 15.4. The molecule has 1 aromatic heterocycles. The predicted molar refractivity (Wildman–Crippen MR) is 96.1 cm³/mol. The quantitative estimate of drug-likeness (QED) is 0.843. The van der Waals surface area contributed by atoms with E-state index in [0.717, 1.165) is 36.1 Å². The zero-order chi connectivity index (χ0) is 19.4. The molecule has 1 N–H and O–H groups in total. The van der Waals surface area contributed by atoms with E-state index >= 15 is 0 Å². The van der Waals surface area contributed by atoms with Crippen LogP contribution < -0.4 is 5.32 Å². The summed E-state index contributed by atoms with van der Waals surface area (Å²) in [6.45, 7) is 2.12. The van der Waals surface area contributed by atoms with E-state index < -0.39 is 30.6 Å². The molecule has 0 radical (unpaired) electrons. The van der Waals surface area contributed by atoms with Crippen LogP contribution in [0.4, 0.5) is 19.0 Å². The molecule has 0 spiro atoms. The Hall–Kier alpha value is -2.31. The molecular weight excluding hydrogens is 355 g/mol. The van der Waals surface area contributed by atoms with Gasteiger partial charge in [-0.25, -0.2) is 13.2 Å². The minimum Gasteiger partial charge on any atom is -0.309 e. The van der Waals surface area contributed by atoms with E-state index in [-0.39, 0.29) is 11.2 Å². The number of nitrogens with zero attached hydrogens (tertiary/aromatic N) is 2. The molecule has 4 rings (SSSR count). The monoisotopic (exact) mass is 377 g/mol. The third kappa shape index (κ3) is 3.13. The molecule has 4 nitrogen and oxygen atoms in total. The van der Waals surface area contributed by atoms with Crippen molar-refractivity contribution < 1.29 is 18.0 Å². The van der Waals surface area contributed by atoms with Crippen LogP contribution in [-0.2, 0) is 17.3 Å². The van der Waals surface area contributed by atoms with Crippen LogP contribution in [-0.4, -0.2) is 21.6 Å². The van der Waals surface area contributed by atoms with Crippen LogP contribution in [0.15, 0.2) is 24.3 Å². The van der Waals surface area contributed by atoms with Gasteiger partial charge in [-0.2, -0.15) is 5.10 Å². The Balaban J connectivity index is 1.71. The van der Waals surface area contributed by atoms with Gasteiger partial charge in [0.05, 0.1) is 5.69 Å². The maximum atomic E-state index is 13.3. The Kier molecular flexibility index (Phi) is 4.09. The minimum atomic E-state index is -2.74. The smallest absolute Gasteiger partial charge is 0.249 e. The lowest BCUT2D eigenvalue weighted by Crippen LogP contribution is -2.42. The maximum Gasteiger partial charge on any atom is 0.249 e. The molecule has 2 fully saturated rings. The summed E-state index contributed by atoms with van der Waals surface area (Å²) in [5.41, 5.74) is 2.39. The van der Waals surface area contributed by atoms with E-state index in [2.05, 4.69) is 17.3 Å². The first-order valence-electron chi connectivity index (χ1n) is 9.21. The molecule has 1 amide bonds. The molecule has 0 unspecified atom stereocenters. The number of nitrogens with one attached hydrogen (secondary N) is 1. The Morgan fingerprint density at radius 3 is 2.37 bits per heavy atom. The summed E-state index contributed by atoms with van der Waals surface area (Å²) in [5, 5.41) is 7.27. The van der Waals surface area contributed by atoms with Gasteiger partial charge >= 0.3 is 0 Å². The number of carbonyl (C=O) groups excluding carboxylic acids is 1. The third-order valence-corrected chi connectivity index (χ3v) is 5.93. The van der Waals surface area contributed by atoms with Gasteiger partial charge in [-0.15, -0.1) is 0 Å². The molecule has 2 saturated carbocycles. The number of hydrogen-bond donors (Lipinski definition) is 1. The summed E-state index contributed by atoms with van der Waals surface area (Å²) in [6, 6.07) is 6.17.